The van der Waals surface area contributed by atoms with E-state index in [0.29, 0.717) is 17.8 Å². The standard InChI is InChI=1S/C12H18O4S2/c1-4-11(13)15-6-8-17-10(3)18-9-7-16-12(14)5-2/h4-5,10H,1-2,6-9H2,3H3. The number of esters is 2. The summed E-state index contributed by atoms with van der Waals surface area (Å²) in [6.07, 6.45) is 2.30. The molecule has 4 nitrogen and oxygen atoms in total. The second kappa shape index (κ2) is 11.2. The van der Waals surface area contributed by atoms with Crippen LogP contribution in [0.5, 0.6) is 0 Å². The zero-order valence-electron chi connectivity index (χ0n) is 10.4. The van der Waals surface area contributed by atoms with Gasteiger partial charge >= 0.3 is 11.9 Å². The van der Waals surface area contributed by atoms with Crippen LogP contribution < -0.4 is 0 Å². The topological polar surface area (TPSA) is 52.6 Å². The summed E-state index contributed by atoms with van der Waals surface area (Å²) in [5.41, 5.74) is 0. The number of thioether (sulfide) groups is 2. The average Bonchev–Trinajstić information content (AvgIpc) is 2.38. The predicted molar refractivity (Wildman–Crippen MR) is 76.7 cm³/mol. The number of hydrogen-bond donors (Lipinski definition) is 0. The Hall–Kier alpha value is -0.880. The normalized spacial score (nSPS) is 9.89. The molecule has 0 aliphatic carbocycles. The molecule has 0 N–H and O–H groups in total. The van der Waals surface area contributed by atoms with Gasteiger partial charge in [0.1, 0.15) is 13.2 Å². The molecule has 0 bridgehead atoms. The number of rotatable bonds is 10. The van der Waals surface area contributed by atoms with Crippen molar-refractivity contribution in [3.8, 4) is 0 Å². The molecule has 0 aromatic heterocycles. The van der Waals surface area contributed by atoms with Crippen LogP contribution in [0.25, 0.3) is 0 Å². The van der Waals surface area contributed by atoms with Crippen molar-refractivity contribution in [3.05, 3.63) is 25.3 Å². The molecule has 0 aliphatic rings. The van der Waals surface area contributed by atoms with E-state index in [1.165, 1.54) is 0 Å². The first-order valence-electron chi connectivity index (χ1n) is 5.41. The van der Waals surface area contributed by atoms with E-state index in [9.17, 15) is 9.59 Å². The van der Waals surface area contributed by atoms with Crippen molar-refractivity contribution in [2.45, 2.75) is 11.5 Å². The van der Waals surface area contributed by atoms with Crippen molar-refractivity contribution in [2.75, 3.05) is 24.7 Å². The van der Waals surface area contributed by atoms with Crippen LogP contribution in [-0.2, 0) is 19.1 Å². The molecule has 0 aromatic carbocycles. The number of ether oxygens (including phenoxy) is 2. The summed E-state index contributed by atoms with van der Waals surface area (Å²) in [6, 6.07) is 0. The summed E-state index contributed by atoms with van der Waals surface area (Å²) >= 11 is 3.37. The molecule has 0 saturated heterocycles. The molecule has 0 heterocycles. The largest absolute Gasteiger partial charge is 0.462 e. The molecule has 0 amide bonds. The van der Waals surface area contributed by atoms with Gasteiger partial charge in [0.05, 0.1) is 0 Å². The summed E-state index contributed by atoms with van der Waals surface area (Å²) in [6.45, 7) is 9.44. The van der Waals surface area contributed by atoms with Crippen molar-refractivity contribution < 1.29 is 19.1 Å². The maximum atomic E-state index is 10.7. The van der Waals surface area contributed by atoms with Crippen LogP contribution in [0.4, 0.5) is 0 Å². The van der Waals surface area contributed by atoms with E-state index in [-0.39, 0.29) is 0 Å². The first kappa shape index (κ1) is 17.1. The van der Waals surface area contributed by atoms with Gasteiger partial charge in [-0.05, 0) is 6.92 Å². The molecule has 0 atom stereocenters. The van der Waals surface area contributed by atoms with E-state index in [1.807, 2.05) is 0 Å². The van der Waals surface area contributed by atoms with Crippen LogP contribution >= 0.6 is 23.5 Å². The lowest BCUT2D eigenvalue weighted by atomic mass is 10.6. The Morgan fingerprint density at radius 3 is 1.78 bits per heavy atom. The molecule has 0 rings (SSSR count). The van der Waals surface area contributed by atoms with Gasteiger partial charge < -0.3 is 9.47 Å². The molecule has 0 unspecified atom stereocenters. The van der Waals surface area contributed by atoms with Crippen molar-refractivity contribution in [1.29, 1.82) is 0 Å². The summed E-state index contributed by atoms with van der Waals surface area (Å²) in [4.78, 5) is 21.5. The molecule has 0 fully saturated rings. The second-order valence-electron chi connectivity index (χ2n) is 3.05. The minimum absolute atomic E-state index is 0.356. The maximum absolute atomic E-state index is 10.7. The van der Waals surface area contributed by atoms with Crippen LogP contribution in [-0.4, -0.2) is 41.2 Å². The van der Waals surface area contributed by atoms with Crippen molar-refractivity contribution in [1.82, 2.24) is 0 Å². The minimum atomic E-state index is -0.396. The molecule has 18 heavy (non-hydrogen) atoms. The van der Waals surface area contributed by atoms with Gasteiger partial charge in [-0.1, -0.05) is 13.2 Å². The van der Waals surface area contributed by atoms with Gasteiger partial charge in [-0.15, -0.1) is 23.5 Å². The fraction of sp³-hybridized carbons (Fsp3) is 0.500. The second-order valence-corrected chi connectivity index (χ2v) is 6.25. The van der Waals surface area contributed by atoms with Gasteiger partial charge in [0, 0.05) is 28.2 Å². The summed E-state index contributed by atoms with van der Waals surface area (Å²) in [5.74, 6) is 0.680. The highest BCUT2D eigenvalue weighted by Gasteiger charge is 2.04. The third-order valence-corrected chi connectivity index (χ3v) is 4.25. The van der Waals surface area contributed by atoms with Crippen LogP contribution in [0.2, 0.25) is 0 Å². The third kappa shape index (κ3) is 10.3. The molecular weight excluding hydrogens is 272 g/mol. The number of carbonyl (C=O) groups excluding carboxylic acids is 2. The third-order valence-electron chi connectivity index (χ3n) is 1.69. The minimum Gasteiger partial charge on any atom is -0.462 e. The Balaban J connectivity index is 3.40. The smallest absolute Gasteiger partial charge is 0.330 e. The van der Waals surface area contributed by atoms with Gasteiger partial charge in [0.15, 0.2) is 0 Å². The summed E-state index contributed by atoms with van der Waals surface area (Å²) < 4.78 is 10.0. The zero-order chi connectivity index (χ0) is 13.8. The van der Waals surface area contributed by atoms with E-state index < -0.39 is 11.9 Å². The van der Waals surface area contributed by atoms with Gasteiger partial charge in [0.2, 0.25) is 0 Å². The molecule has 0 aliphatic heterocycles. The molecule has 0 radical (unpaired) electrons. The summed E-state index contributed by atoms with van der Waals surface area (Å²) in [7, 11) is 0. The number of hydrogen-bond acceptors (Lipinski definition) is 6. The Labute approximate surface area is 116 Å². The average molecular weight is 290 g/mol. The highest BCUT2D eigenvalue weighted by molar-refractivity contribution is 8.16. The van der Waals surface area contributed by atoms with Crippen molar-refractivity contribution in [3.63, 3.8) is 0 Å². The molecule has 102 valence electrons. The Morgan fingerprint density at radius 2 is 1.44 bits per heavy atom. The van der Waals surface area contributed by atoms with Gasteiger partial charge in [0.25, 0.3) is 0 Å². The van der Waals surface area contributed by atoms with Gasteiger partial charge in [-0.25, -0.2) is 9.59 Å². The molecule has 6 heteroatoms. The Bertz CT molecular complexity index is 264. The lowest BCUT2D eigenvalue weighted by Crippen LogP contribution is -2.07. The SMILES string of the molecule is C=CC(=O)OCCSC(C)SCCOC(=O)C=C. The van der Waals surface area contributed by atoms with Crippen molar-refractivity contribution >= 4 is 35.5 Å². The van der Waals surface area contributed by atoms with Crippen LogP contribution in [0.15, 0.2) is 25.3 Å². The van der Waals surface area contributed by atoms with Crippen LogP contribution in [0.1, 0.15) is 6.92 Å². The lowest BCUT2D eigenvalue weighted by Gasteiger charge is -2.10. The molecule has 0 saturated carbocycles. The van der Waals surface area contributed by atoms with Crippen molar-refractivity contribution in [2.24, 2.45) is 0 Å². The predicted octanol–water partition coefficient (Wildman–Crippen LogP) is 2.26. The number of carbonyl (C=O) groups is 2. The van der Waals surface area contributed by atoms with E-state index in [2.05, 4.69) is 20.1 Å². The molecular formula is C12H18O4S2. The summed E-state index contributed by atoms with van der Waals surface area (Å²) in [5, 5.41) is 0. The van der Waals surface area contributed by atoms with E-state index >= 15 is 0 Å². The highest BCUT2D eigenvalue weighted by Crippen LogP contribution is 2.22. The Morgan fingerprint density at radius 1 is 1.06 bits per heavy atom. The van der Waals surface area contributed by atoms with Gasteiger partial charge in [-0.3, -0.25) is 0 Å². The quantitative estimate of drug-likeness (QED) is 0.266. The first-order valence-corrected chi connectivity index (χ1v) is 7.51. The fourth-order valence-electron chi connectivity index (χ4n) is 0.879. The maximum Gasteiger partial charge on any atom is 0.330 e. The molecule has 0 aromatic rings. The first-order chi connectivity index (χ1) is 8.60. The fourth-order valence-corrected chi connectivity index (χ4v) is 2.86. The van der Waals surface area contributed by atoms with Gasteiger partial charge in [-0.2, -0.15) is 0 Å². The lowest BCUT2D eigenvalue weighted by molar-refractivity contribution is -0.138. The van der Waals surface area contributed by atoms with Crippen LogP contribution in [0.3, 0.4) is 0 Å². The van der Waals surface area contributed by atoms with E-state index in [0.717, 1.165) is 23.7 Å². The van der Waals surface area contributed by atoms with E-state index in [1.54, 1.807) is 23.5 Å². The highest BCUT2D eigenvalue weighted by atomic mass is 32.2. The van der Waals surface area contributed by atoms with E-state index in [4.69, 9.17) is 9.47 Å². The Kier molecular flexibility index (Phi) is 10.7. The molecule has 0 spiro atoms. The van der Waals surface area contributed by atoms with Crippen LogP contribution in [0, 0.1) is 0 Å². The zero-order valence-corrected chi connectivity index (χ0v) is 12.1. The monoisotopic (exact) mass is 290 g/mol.